The number of carbonyl (C=O) groups excluding carboxylic acids is 1. The van der Waals surface area contributed by atoms with Crippen molar-refractivity contribution in [3.05, 3.63) is 53.5 Å². The number of nitrogens with one attached hydrogen (secondary N) is 2. The minimum Gasteiger partial charge on any atom is -0.481 e. The summed E-state index contributed by atoms with van der Waals surface area (Å²) in [6, 6.07) is 9.12. The number of aromatic nitrogens is 3. The largest absolute Gasteiger partial charge is 0.481 e. The van der Waals surface area contributed by atoms with Gasteiger partial charge < -0.3 is 15.4 Å². The van der Waals surface area contributed by atoms with Crippen molar-refractivity contribution in [1.82, 2.24) is 20.1 Å². The summed E-state index contributed by atoms with van der Waals surface area (Å²) in [7, 11) is 1.81. The van der Waals surface area contributed by atoms with Gasteiger partial charge in [-0.2, -0.15) is 5.10 Å². The van der Waals surface area contributed by atoms with E-state index in [0.29, 0.717) is 5.56 Å². The number of amides is 1. The van der Waals surface area contributed by atoms with Crippen LogP contribution in [0.2, 0.25) is 0 Å². The van der Waals surface area contributed by atoms with E-state index in [1.807, 2.05) is 57.4 Å². The lowest BCUT2D eigenvalue weighted by molar-refractivity contribution is -0.136. The molecule has 0 saturated carbocycles. The van der Waals surface area contributed by atoms with Crippen LogP contribution in [0.25, 0.3) is 10.9 Å². The Bertz CT molecular complexity index is 952. The predicted octanol–water partition coefficient (Wildman–Crippen LogP) is 2.19. The molecule has 0 saturated heterocycles. The summed E-state index contributed by atoms with van der Waals surface area (Å²) in [5.74, 6) is -1.34. The monoisotopic (exact) mass is 340 g/mol. The molecule has 3 aromatic rings. The molecule has 2 aromatic heterocycles. The second-order valence-corrected chi connectivity index (χ2v) is 6.55. The normalized spacial score (nSPS) is 11.6. The summed E-state index contributed by atoms with van der Waals surface area (Å²) >= 11 is 0. The SMILES string of the molecule is Cn1ccc(C(C)(C)NC(=O)c2[nH]c3ccccc3c2CC(=O)O)n1. The average molecular weight is 340 g/mol. The van der Waals surface area contributed by atoms with E-state index in [2.05, 4.69) is 15.4 Å². The van der Waals surface area contributed by atoms with Gasteiger partial charge in [-0.15, -0.1) is 0 Å². The Kier molecular flexibility index (Phi) is 4.08. The van der Waals surface area contributed by atoms with Gasteiger partial charge in [0.15, 0.2) is 0 Å². The second kappa shape index (κ2) is 6.08. The highest BCUT2D eigenvalue weighted by molar-refractivity contribution is 6.02. The molecule has 3 N–H and O–H groups in total. The zero-order valence-corrected chi connectivity index (χ0v) is 14.3. The van der Waals surface area contributed by atoms with E-state index in [1.165, 1.54) is 0 Å². The molecule has 130 valence electrons. The molecular weight excluding hydrogens is 320 g/mol. The third kappa shape index (κ3) is 3.26. The first-order chi connectivity index (χ1) is 11.8. The van der Waals surface area contributed by atoms with Gasteiger partial charge in [0.2, 0.25) is 0 Å². The Morgan fingerprint density at radius 3 is 2.64 bits per heavy atom. The van der Waals surface area contributed by atoms with E-state index in [9.17, 15) is 14.7 Å². The molecule has 7 heteroatoms. The average Bonchev–Trinajstić information content (AvgIpc) is 3.11. The number of carboxylic acids is 1. The lowest BCUT2D eigenvalue weighted by Gasteiger charge is -2.24. The molecule has 0 aliphatic rings. The minimum atomic E-state index is -0.984. The molecule has 25 heavy (non-hydrogen) atoms. The molecule has 2 heterocycles. The van der Waals surface area contributed by atoms with Crippen molar-refractivity contribution < 1.29 is 14.7 Å². The van der Waals surface area contributed by atoms with Crippen LogP contribution in [0.5, 0.6) is 0 Å². The van der Waals surface area contributed by atoms with Crippen molar-refractivity contribution >= 4 is 22.8 Å². The third-order valence-corrected chi connectivity index (χ3v) is 4.15. The zero-order valence-electron chi connectivity index (χ0n) is 14.3. The number of benzene rings is 1. The summed E-state index contributed by atoms with van der Waals surface area (Å²) in [5, 5.41) is 17.2. The number of para-hydroxylation sites is 1. The van der Waals surface area contributed by atoms with Crippen LogP contribution in [0.4, 0.5) is 0 Å². The van der Waals surface area contributed by atoms with Crippen molar-refractivity contribution in [3.63, 3.8) is 0 Å². The van der Waals surface area contributed by atoms with E-state index in [4.69, 9.17) is 0 Å². The number of rotatable bonds is 5. The molecule has 0 aliphatic carbocycles. The first-order valence-corrected chi connectivity index (χ1v) is 7.92. The first kappa shape index (κ1) is 16.8. The Balaban J connectivity index is 1.97. The number of aliphatic carboxylic acids is 1. The van der Waals surface area contributed by atoms with Crippen LogP contribution < -0.4 is 5.32 Å². The van der Waals surface area contributed by atoms with Crippen LogP contribution in [-0.4, -0.2) is 31.7 Å². The lowest BCUT2D eigenvalue weighted by atomic mass is 10.00. The molecule has 7 nitrogen and oxygen atoms in total. The van der Waals surface area contributed by atoms with Gasteiger partial charge in [-0.05, 0) is 26.0 Å². The predicted molar refractivity (Wildman–Crippen MR) is 93.3 cm³/mol. The molecule has 1 amide bonds. The van der Waals surface area contributed by atoms with Crippen LogP contribution >= 0.6 is 0 Å². The van der Waals surface area contributed by atoms with Crippen molar-refractivity contribution in [2.45, 2.75) is 25.8 Å². The molecule has 0 fully saturated rings. The Morgan fingerprint density at radius 2 is 2.00 bits per heavy atom. The molecule has 0 aliphatic heterocycles. The van der Waals surface area contributed by atoms with Gasteiger partial charge in [0.25, 0.3) is 5.91 Å². The van der Waals surface area contributed by atoms with Crippen molar-refractivity contribution in [1.29, 1.82) is 0 Å². The van der Waals surface area contributed by atoms with E-state index in [-0.39, 0.29) is 18.0 Å². The minimum absolute atomic E-state index is 0.225. The van der Waals surface area contributed by atoms with Gasteiger partial charge in [0, 0.05) is 29.7 Å². The standard InChI is InChI=1S/C18H20N4O3/c1-18(2,14-8-9-22(3)21-14)20-17(25)16-12(10-15(23)24)11-6-4-5-7-13(11)19-16/h4-9,19H,10H2,1-3H3,(H,20,25)(H,23,24). The maximum atomic E-state index is 12.8. The van der Waals surface area contributed by atoms with E-state index in [1.54, 1.807) is 4.68 Å². The summed E-state index contributed by atoms with van der Waals surface area (Å²) < 4.78 is 1.67. The fourth-order valence-electron chi connectivity index (χ4n) is 2.89. The lowest BCUT2D eigenvalue weighted by Crippen LogP contribution is -2.42. The van der Waals surface area contributed by atoms with Crippen LogP contribution in [0, 0.1) is 0 Å². The van der Waals surface area contributed by atoms with Crippen LogP contribution in [0.1, 0.15) is 35.6 Å². The number of carbonyl (C=O) groups is 2. The maximum Gasteiger partial charge on any atom is 0.307 e. The van der Waals surface area contributed by atoms with Crippen molar-refractivity contribution in [2.75, 3.05) is 0 Å². The highest BCUT2D eigenvalue weighted by Gasteiger charge is 2.28. The number of aromatic amines is 1. The number of H-pyrrole nitrogens is 1. The third-order valence-electron chi connectivity index (χ3n) is 4.15. The Morgan fingerprint density at radius 1 is 1.28 bits per heavy atom. The molecule has 0 spiro atoms. The van der Waals surface area contributed by atoms with E-state index < -0.39 is 11.5 Å². The summed E-state index contributed by atoms with van der Waals surface area (Å²) in [4.78, 5) is 27.1. The van der Waals surface area contributed by atoms with Crippen LogP contribution in [-0.2, 0) is 23.8 Å². The van der Waals surface area contributed by atoms with Crippen LogP contribution in [0.3, 0.4) is 0 Å². The smallest absolute Gasteiger partial charge is 0.307 e. The second-order valence-electron chi connectivity index (χ2n) is 6.55. The highest BCUT2D eigenvalue weighted by atomic mass is 16.4. The van der Waals surface area contributed by atoms with Gasteiger partial charge >= 0.3 is 5.97 Å². The number of aryl methyl sites for hydroxylation is 1. The number of fused-ring (bicyclic) bond motifs is 1. The quantitative estimate of drug-likeness (QED) is 0.663. The number of hydrogen-bond donors (Lipinski definition) is 3. The van der Waals surface area contributed by atoms with Crippen molar-refractivity contribution in [3.8, 4) is 0 Å². The summed E-state index contributed by atoms with van der Waals surface area (Å²) in [6.45, 7) is 3.71. The van der Waals surface area contributed by atoms with E-state index in [0.717, 1.165) is 16.6 Å². The number of hydrogen-bond acceptors (Lipinski definition) is 3. The fourth-order valence-corrected chi connectivity index (χ4v) is 2.89. The van der Waals surface area contributed by atoms with Gasteiger partial charge in [-0.1, -0.05) is 18.2 Å². The molecule has 0 radical (unpaired) electrons. The molecule has 1 aromatic carbocycles. The molecular formula is C18H20N4O3. The summed E-state index contributed by atoms with van der Waals surface area (Å²) in [5.41, 5.74) is 1.51. The van der Waals surface area contributed by atoms with Gasteiger partial charge in [0.1, 0.15) is 5.69 Å². The van der Waals surface area contributed by atoms with Crippen molar-refractivity contribution in [2.24, 2.45) is 7.05 Å². The molecule has 3 rings (SSSR count). The Labute approximate surface area is 144 Å². The van der Waals surface area contributed by atoms with Gasteiger partial charge in [-0.3, -0.25) is 14.3 Å². The van der Waals surface area contributed by atoms with Crippen LogP contribution in [0.15, 0.2) is 36.5 Å². The molecule has 0 unspecified atom stereocenters. The zero-order chi connectivity index (χ0) is 18.2. The topological polar surface area (TPSA) is 100 Å². The molecule has 0 bridgehead atoms. The van der Waals surface area contributed by atoms with E-state index >= 15 is 0 Å². The fraction of sp³-hybridized carbons (Fsp3) is 0.278. The number of carboxylic acid groups (broad SMARTS) is 1. The Hall–Kier alpha value is -3.09. The highest BCUT2D eigenvalue weighted by Crippen LogP contribution is 2.25. The maximum absolute atomic E-state index is 12.8. The van der Waals surface area contributed by atoms with Gasteiger partial charge in [-0.25, -0.2) is 0 Å². The first-order valence-electron chi connectivity index (χ1n) is 7.92. The number of nitrogens with zero attached hydrogens (tertiary/aromatic N) is 2. The molecule has 0 atom stereocenters. The summed E-state index contributed by atoms with van der Waals surface area (Å²) in [6.07, 6.45) is 1.58. The van der Waals surface area contributed by atoms with Gasteiger partial charge in [0.05, 0.1) is 17.7 Å².